The van der Waals surface area contributed by atoms with E-state index in [1.165, 1.54) is 16.5 Å². The minimum absolute atomic E-state index is 0.104. The maximum atomic E-state index is 13.5. The Labute approximate surface area is 177 Å². The number of rotatable bonds is 5. The average Bonchev–Trinajstić information content (AvgIpc) is 3.23. The zero-order chi connectivity index (χ0) is 20.5. The summed E-state index contributed by atoms with van der Waals surface area (Å²) in [5, 5.41) is 4.30. The number of hydrogen-bond acceptors (Lipinski definition) is 4. The summed E-state index contributed by atoms with van der Waals surface area (Å²) in [4.78, 5) is 33.8. The van der Waals surface area contributed by atoms with Gasteiger partial charge in [0.1, 0.15) is 0 Å². The van der Waals surface area contributed by atoms with Gasteiger partial charge in [0.05, 0.1) is 6.61 Å². The number of Topliss-reactive ketones (excluding diaryl/α,β-unsaturated/α-hetero) is 1. The van der Waals surface area contributed by atoms with Crippen molar-refractivity contribution in [2.24, 2.45) is 5.92 Å². The van der Waals surface area contributed by atoms with Gasteiger partial charge >= 0.3 is 0 Å². The summed E-state index contributed by atoms with van der Waals surface area (Å²) in [6.45, 7) is 3.60. The number of nitrogens with zero attached hydrogens (tertiary/aromatic N) is 2. The van der Waals surface area contributed by atoms with Crippen molar-refractivity contribution in [3.05, 3.63) is 47.0 Å². The van der Waals surface area contributed by atoms with Gasteiger partial charge in [-0.25, -0.2) is 0 Å². The van der Waals surface area contributed by atoms with Crippen LogP contribution in [0.15, 0.2) is 30.3 Å². The third-order valence-corrected chi connectivity index (χ3v) is 6.94. The van der Waals surface area contributed by atoms with Gasteiger partial charge in [-0.1, -0.05) is 30.3 Å². The molecule has 3 aliphatic rings. The summed E-state index contributed by atoms with van der Waals surface area (Å²) >= 11 is 0. The zero-order valence-electron chi connectivity index (χ0n) is 17.6. The van der Waals surface area contributed by atoms with Crippen LogP contribution in [0.5, 0.6) is 0 Å². The maximum absolute atomic E-state index is 13.5. The number of hydroxylamine groups is 2. The molecule has 2 aliphatic heterocycles. The van der Waals surface area contributed by atoms with Crippen LogP contribution in [0.4, 0.5) is 0 Å². The predicted molar refractivity (Wildman–Crippen MR) is 116 cm³/mol. The Kier molecular flexibility index (Phi) is 5.57. The van der Waals surface area contributed by atoms with E-state index in [4.69, 9.17) is 4.84 Å². The van der Waals surface area contributed by atoms with Gasteiger partial charge in [0.2, 0.25) is 5.91 Å². The molecule has 1 amide bonds. The van der Waals surface area contributed by atoms with E-state index in [-0.39, 0.29) is 17.6 Å². The first-order chi connectivity index (χ1) is 14.7. The van der Waals surface area contributed by atoms with Crippen LogP contribution in [0.1, 0.15) is 53.6 Å². The Balaban J connectivity index is 1.28. The monoisotopic (exact) mass is 406 g/mol. The number of piperidine rings is 1. The van der Waals surface area contributed by atoms with Gasteiger partial charge in [-0.05, 0) is 60.4 Å². The van der Waals surface area contributed by atoms with Crippen molar-refractivity contribution in [3.8, 4) is 0 Å². The average molecular weight is 407 g/mol. The lowest BCUT2D eigenvalue weighted by atomic mass is 9.87. The number of carbonyl (C=O) groups excluding carboxylic acids is 2. The molecule has 0 N–H and O–H groups in total. The van der Waals surface area contributed by atoms with E-state index in [1.54, 1.807) is 0 Å². The fourth-order valence-electron chi connectivity index (χ4n) is 5.30. The van der Waals surface area contributed by atoms with Gasteiger partial charge < -0.3 is 4.90 Å². The summed E-state index contributed by atoms with van der Waals surface area (Å²) in [6, 6.07) is 10.5. The lowest BCUT2D eigenvalue weighted by Gasteiger charge is -2.33. The van der Waals surface area contributed by atoms with E-state index in [1.807, 2.05) is 16.0 Å². The second-order valence-corrected chi connectivity index (χ2v) is 8.87. The van der Waals surface area contributed by atoms with Crippen molar-refractivity contribution >= 4 is 22.5 Å². The highest BCUT2D eigenvalue weighted by atomic mass is 16.7. The molecule has 5 rings (SSSR count). The van der Waals surface area contributed by atoms with Crippen LogP contribution in [0.25, 0.3) is 10.8 Å². The second kappa shape index (κ2) is 8.48. The van der Waals surface area contributed by atoms with Gasteiger partial charge in [0, 0.05) is 44.1 Å². The Morgan fingerprint density at radius 2 is 1.87 bits per heavy atom. The van der Waals surface area contributed by atoms with Crippen LogP contribution in [-0.2, 0) is 22.5 Å². The number of ketones is 1. The van der Waals surface area contributed by atoms with Gasteiger partial charge in [-0.3, -0.25) is 14.4 Å². The molecule has 1 atom stereocenters. The fourth-order valence-corrected chi connectivity index (χ4v) is 5.30. The molecule has 2 aromatic carbocycles. The Hall–Kier alpha value is -2.24. The minimum atomic E-state index is -0.104. The number of likely N-dealkylation sites (tertiary alicyclic amines) is 1. The Morgan fingerprint density at radius 3 is 2.70 bits per heavy atom. The van der Waals surface area contributed by atoms with E-state index in [0.717, 1.165) is 69.2 Å². The molecule has 0 spiro atoms. The molecular formula is C25H30N2O3. The SMILES string of the molecule is O=C(c1ccc2c3c(cccc13)CC2)[C@H]1CCCN(C(=O)CCN2CCCCO2)C1. The number of benzene rings is 2. The molecule has 2 heterocycles. The number of hydrogen-bond donors (Lipinski definition) is 0. The second-order valence-electron chi connectivity index (χ2n) is 8.87. The summed E-state index contributed by atoms with van der Waals surface area (Å²) in [5.41, 5.74) is 3.55. The third-order valence-electron chi connectivity index (χ3n) is 6.94. The summed E-state index contributed by atoms with van der Waals surface area (Å²) in [6.07, 6.45) is 6.57. The summed E-state index contributed by atoms with van der Waals surface area (Å²) < 4.78 is 0. The van der Waals surface area contributed by atoms with Gasteiger partial charge in [0.15, 0.2) is 5.78 Å². The minimum Gasteiger partial charge on any atom is -0.342 e. The van der Waals surface area contributed by atoms with Crippen LogP contribution >= 0.6 is 0 Å². The van der Waals surface area contributed by atoms with Crippen molar-refractivity contribution < 1.29 is 14.4 Å². The first-order valence-electron chi connectivity index (χ1n) is 11.4. The lowest BCUT2D eigenvalue weighted by molar-refractivity contribution is -0.182. The van der Waals surface area contributed by atoms with Crippen LogP contribution in [0, 0.1) is 5.92 Å². The molecule has 0 bridgehead atoms. The quantitative estimate of drug-likeness (QED) is 0.709. The van der Waals surface area contributed by atoms with Crippen molar-refractivity contribution in [3.63, 3.8) is 0 Å². The Morgan fingerprint density at radius 1 is 1.00 bits per heavy atom. The Bertz CT molecular complexity index is 954. The first-order valence-corrected chi connectivity index (χ1v) is 11.4. The molecule has 0 radical (unpaired) electrons. The molecule has 158 valence electrons. The normalized spacial score (nSPS) is 21.9. The topological polar surface area (TPSA) is 49.9 Å². The van der Waals surface area contributed by atoms with E-state index in [2.05, 4.69) is 24.3 Å². The lowest BCUT2D eigenvalue weighted by Crippen LogP contribution is -2.43. The van der Waals surface area contributed by atoms with Crippen molar-refractivity contribution in [2.75, 3.05) is 32.8 Å². The van der Waals surface area contributed by atoms with E-state index >= 15 is 0 Å². The van der Waals surface area contributed by atoms with Crippen molar-refractivity contribution in [1.82, 2.24) is 9.96 Å². The molecule has 0 aromatic heterocycles. The van der Waals surface area contributed by atoms with Crippen molar-refractivity contribution in [1.29, 1.82) is 0 Å². The molecule has 2 aromatic rings. The van der Waals surface area contributed by atoms with Gasteiger partial charge in [-0.15, -0.1) is 0 Å². The highest BCUT2D eigenvalue weighted by Crippen LogP contribution is 2.34. The molecule has 1 aliphatic carbocycles. The van der Waals surface area contributed by atoms with E-state index < -0.39 is 0 Å². The zero-order valence-corrected chi connectivity index (χ0v) is 17.6. The van der Waals surface area contributed by atoms with E-state index in [0.29, 0.717) is 19.5 Å². The maximum Gasteiger partial charge on any atom is 0.223 e. The predicted octanol–water partition coefficient (Wildman–Crippen LogP) is 3.78. The molecular weight excluding hydrogens is 376 g/mol. The third kappa shape index (κ3) is 3.77. The van der Waals surface area contributed by atoms with Crippen LogP contribution in [0.3, 0.4) is 0 Å². The van der Waals surface area contributed by atoms with Gasteiger partial charge in [0.25, 0.3) is 0 Å². The number of amides is 1. The highest BCUT2D eigenvalue weighted by molar-refractivity contribution is 6.11. The molecule has 2 fully saturated rings. The molecule has 30 heavy (non-hydrogen) atoms. The summed E-state index contributed by atoms with van der Waals surface area (Å²) in [7, 11) is 0. The van der Waals surface area contributed by atoms with Gasteiger partial charge in [-0.2, -0.15) is 5.06 Å². The van der Waals surface area contributed by atoms with Crippen molar-refractivity contribution in [2.45, 2.75) is 44.9 Å². The van der Waals surface area contributed by atoms with Crippen LogP contribution < -0.4 is 0 Å². The summed E-state index contributed by atoms with van der Waals surface area (Å²) in [5.74, 6) is 0.233. The largest absolute Gasteiger partial charge is 0.342 e. The smallest absolute Gasteiger partial charge is 0.223 e. The first kappa shape index (κ1) is 19.7. The van der Waals surface area contributed by atoms with Crippen LogP contribution in [-0.4, -0.2) is 54.4 Å². The standard InChI is InChI=1S/C25H30N2O3/c28-23(12-15-27-14-1-2-16-30-27)26-13-4-6-20(17-26)25(29)22-11-10-19-9-8-18-5-3-7-21(22)24(18)19/h3,5,7,10-11,20H,1-2,4,6,8-9,12-17H2/t20-/m0/s1. The number of carbonyl (C=O) groups is 2. The molecule has 2 saturated heterocycles. The molecule has 5 nitrogen and oxygen atoms in total. The molecule has 5 heteroatoms. The highest BCUT2D eigenvalue weighted by Gasteiger charge is 2.30. The molecule has 0 unspecified atom stereocenters. The molecule has 0 saturated carbocycles. The number of aryl methyl sites for hydroxylation is 2. The van der Waals surface area contributed by atoms with E-state index in [9.17, 15) is 9.59 Å². The fraction of sp³-hybridized carbons (Fsp3) is 0.520. The van der Waals surface area contributed by atoms with Crippen LogP contribution in [0.2, 0.25) is 0 Å².